The summed E-state index contributed by atoms with van der Waals surface area (Å²) in [4.78, 5) is 31.1. The summed E-state index contributed by atoms with van der Waals surface area (Å²) in [6.07, 6.45) is -4.22. The van der Waals surface area contributed by atoms with Crippen LogP contribution in [0.25, 0.3) is 0 Å². The first-order chi connectivity index (χ1) is 13.4. The molecule has 1 saturated heterocycles. The van der Waals surface area contributed by atoms with Crippen LogP contribution in [0, 0.1) is 0 Å². The molecule has 1 aliphatic rings. The molecule has 11 heteroatoms. The Balaban J connectivity index is 1.81. The minimum Gasteiger partial charge on any atom is -0.444 e. The van der Waals surface area contributed by atoms with E-state index in [2.05, 4.69) is 10.3 Å². The van der Waals surface area contributed by atoms with E-state index in [0.717, 1.165) is 12.3 Å². The maximum Gasteiger partial charge on any atom is 0.417 e. The van der Waals surface area contributed by atoms with Crippen LogP contribution < -0.4 is 10.2 Å². The summed E-state index contributed by atoms with van der Waals surface area (Å²) in [5.74, 6) is 0.130. The number of aromatic nitrogens is 1. The van der Waals surface area contributed by atoms with E-state index in [0.29, 0.717) is 26.2 Å². The van der Waals surface area contributed by atoms with E-state index in [1.54, 1.807) is 30.6 Å². The number of anilines is 1. The van der Waals surface area contributed by atoms with Gasteiger partial charge in [-0.15, -0.1) is 0 Å². The van der Waals surface area contributed by atoms with Crippen molar-refractivity contribution in [3.63, 3.8) is 0 Å². The van der Waals surface area contributed by atoms with Crippen molar-refractivity contribution in [1.29, 1.82) is 0 Å². The standard InChI is InChI=1S/C18H24ClF3N4O3/c1-17(2,3)29-16(28)23-5-4-14(27)25-6-8-26(9-7-25)15-13(19)10-12(11-24-15)18(20,21)22/h10-11H,4-9H2,1-3H3,(H,23,28). The Morgan fingerprint density at radius 3 is 2.34 bits per heavy atom. The lowest BCUT2D eigenvalue weighted by molar-refractivity contribution is -0.137. The van der Waals surface area contributed by atoms with Crippen molar-refractivity contribution in [2.24, 2.45) is 0 Å². The highest BCUT2D eigenvalue weighted by molar-refractivity contribution is 6.33. The molecule has 1 aliphatic heterocycles. The van der Waals surface area contributed by atoms with Gasteiger partial charge in [0, 0.05) is 45.3 Å². The van der Waals surface area contributed by atoms with Crippen LogP contribution in [0.15, 0.2) is 12.3 Å². The van der Waals surface area contributed by atoms with Gasteiger partial charge in [0.15, 0.2) is 0 Å². The second-order valence-corrected chi connectivity index (χ2v) is 7.98. The first-order valence-corrected chi connectivity index (χ1v) is 9.47. The van der Waals surface area contributed by atoms with E-state index in [4.69, 9.17) is 16.3 Å². The number of carbonyl (C=O) groups is 2. The summed E-state index contributed by atoms with van der Waals surface area (Å²) in [6, 6.07) is 0.851. The largest absolute Gasteiger partial charge is 0.444 e. The van der Waals surface area contributed by atoms with Gasteiger partial charge in [-0.2, -0.15) is 13.2 Å². The first kappa shape index (κ1) is 23.1. The fraction of sp³-hybridized carbons (Fsp3) is 0.611. The van der Waals surface area contributed by atoms with Crippen LogP contribution >= 0.6 is 11.6 Å². The van der Waals surface area contributed by atoms with Gasteiger partial charge in [-0.05, 0) is 26.8 Å². The van der Waals surface area contributed by atoms with Gasteiger partial charge in [0.1, 0.15) is 11.4 Å². The van der Waals surface area contributed by atoms with E-state index in [1.165, 1.54) is 0 Å². The molecule has 0 aliphatic carbocycles. The highest BCUT2D eigenvalue weighted by atomic mass is 35.5. The Morgan fingerprint density at radius 2 is 1.83 bits per heavy atom. The molecule has 162 valence electrons. The SMILES string of the molecule is CC(C)(C)OC(=O)NCCC(=O)N1CCN(c2ncc(C(F)(F)F)cc2Cl)CC1. The van der Waals surface area contributed by atoms with Crippen molar-refractivity contribution in [2.75, 3.05) is 37.6 Å². The molecule has 0 unspecified atom stereocenters. The number of carbonyl (C=O) groups excluding carboxylic acids is 2. The molecule has 0 spiro atoms. The molecule has 0 atom stereocenters. The molecule has 2 rings (SSSR count). The Labute approximate surface area is 172 Å². The molecule has 0 radical (unpaired) electrons. The highest BCUT2D eigenvalue weighted by Gasteiger charge is 2.32. The van der Waals surface area contributed by atoms with Gasteiger partial charge in [0.05, 0.1) is 10.6 Å². The number of amides is 2. The minimum atomic E-state index is -4.51. The van der Waals surface area contributed by atoms with Gasteiger partial charge in [0.2, 0.25) is 5.91 Å². The monoisotopic (exact) mass is 436 g/mol. The van der Waals surface area contributed by atoms with Crippen molar-refractivity contribution in [3.05, 3.63) is 22.8 Å². The van der Waals surface area contributed by atoms with Crippen molar-refractivity contribution < 1.29 is 27.5 Å². The molecule has 1 N–H and O–H groups in total. The molecule has 2 heterocycles. The lowest BCUT2D eigenvalue weighted by atomic mass is 10.2. The number of hydrogen-bond donors (Lipinski definition) is 1. The normalized spacial score (nSPS) is 15.3. The maximum atomic E-state index is 12.7. The summed E-state index contributed by atoms with van der Waals surface area (Å²) in [6.45, 7) is 6.93. The van der Waals surface area contributed by atoms with Gasteiger partial charge in [-0.25, -0.2) is 9.78 Å². The third kappa shape index (κ3) is 6.95. The molecule has 1 aromatic rings. The van der Waals surface area contributed by atoms with Crippen LogP contribution in [0.3, 0.4) is 0 Å². The fourth-order valence-corrected chi connectivity index (χ4v) is 3.02. The third-order valence-electron chi connectivity index (χ3n) is 4.09. The molecule has 2 amide bonds. The Morgan fingerprint density at radius 1 is 1.21 bits per heavy atom. The molecule has 1 fully saturated rings. The number of nitrogens with zero attached hydrogens (tertiary/aromatic N) is 3. The predicted octanol–water partition coefficient (Wildman–Crippen LogP) is 3.32. The number of hydrogen-bond acceptors (Lipinski definition) is 5. The molecule has 0 bridgehead atoms. The van der Waals surface area contributed by atoms with E-state index in [1.807, 2.05) is 0 Å². The number of nitrogens with one attached hydrogen (secondary N) is 1. The Kier molecular flexibility index (Phi) is 7.20. The van der Waals surface area contributed by atoms with Crippen LogP contribution in [0.1, 0.15) is 32.8 Å². The molecular formula is C18H24ClF3N4O3. The average molecular weight is 437 g/mol. The Bertz CT molecular complexity index is 745. The molecule has 0 aromatic carbocycles. The quantitative estimate of drug-likeness (QED) is 0.783. The number of ether oxygens (including phenoxy) is 1. The lowest BCUT2D eigenvalue weighted by Crippen LogP contribution is -2.49. The lowest BCUT2D eigenvalue weighted by Gasteiger charge is -2.36. The van der Waals surface area contributed by atoms with Gasteiger partial charge < -0.3 is 19.9 Å². The topological polar surface area (TPSA) is 74.8 Å². The molecule has 1 aromatic heterocycles. The van der Waals surface area contributed by atoms with Crippen molar-refractivity contribution in [2.45, 2.75) is 39.0 Å². The number of piperazine rings is 1. The van der Waals surface area contributed by atoms with E-state index >= 15 is 0 Å². The number of rotatable bonds is 4. The summed E-state index contributed by atoms with van der Waals surface area (Å²) < 4.78 is 43.3. The first-order valence-electron chi connectivity index (χ1n) is 9.09. The van der Waals surface area contributed by atoms with Crippen LogP contribution in [0.5, 0.6) is 0 Å². The average Bonchev–Trinajstić information content (AvgIpc) is 2.59. The summed E-state index contributed by atoms with van der Waals surface area (Å²) in [5.41, 5.74) is -1.52. The summed E-state index contributed by atoms with van der Waals surface area (Å²) in [7, 11) is 0. The van der Waals surface area contributed by atoms with Gasteiger partial charge in [-0.1, -0.05) is 11.6 Å². The Hall–Kier alpha value is -2.23. The van der Waals surface area contributed by atoms with E-state index < -0.39 is 23.4 Å². The zero-order chi connectivity index (χ0) is 21.8. The molecule has 29 heavy (non-hydrogen) atoms. The van der Waals surface area contributed by atoms with Gasteiger partial charge in [0.25, 0.3) is 0 Å². The highest BCUT2D eigenvalue weighted by Crippen LogP contribution is 2.33. The van der Waals surface area contributed by atoms with E-state index in [9.17, 15) is 22.8 Å². The number of pyridine rings is 1. The molecular weight excluding hydrogens is 413 g/mol. The molecule has 7 nitrogen and oxygen atoms in total. The number of halogens is 4. The number of alkyl halides is 3. The van der Waals surface area contributed by atoms with E-state index in [-0.39, 0.29) is 29.7 Å². The van der Waals surface area contributed by atoms with Gasteiger partial charge >= 0.3 is 12.3 Å². The second kappa shape index (κ2) is 9.06. The van der Waals surface area contributed by atoms with Crippen molar-refractivity contribution >= 4 is 29.4 Å². The van der Waals surface area contributed by atoms with Crippen molar-refractivity contribution in [1.82, 2.24) is 15.2 Å². The summed E-state index contributed by atoms with van der Waals surface area (Å²) in [5, 5.41) is 2.45. The third-order valence-corrected chi connectivity index (χ3v) is 4.37. The smallest absolute Gasteiger partial charge is 0.417 e. The van der Waals surface area contributed by atoms with Crippen LogP contribution in [0.2, 0.25) is 5.02 Å². The zero-order valence-corrected chi connectivity index (χ0v) is 17.2. The predicted molar refractivity (Wildman–Crippen MR) is 102 cm³/mol. The number of alkyl carbamates (subject to hydrolysis) is 1. The minimum absolute atomic E-state index is 0.0823. The van der Waals surface area contributed by atoms with Crippen LogP contribution in [-0.4, -0.2) is 60.2 Å². The summed E-state index contributed by atoms with van der Waals surface area (Å²) >= 11 is 5.97. The fourth-order valence-electron chi connectivity index (χ4n) is 2.73. The van der Waals surface area contributed by atoms with Gasteiger partial charge in [-0.3, -0.25) is 4.79 Å². The zero-order valence-electron chi connectivity index (χ0n) is 16.5. The van der Waals surface area contributed by atoms with Crippen LogP contribution in [-0.2, 0) is 15.7 Å². The second-order valence-electron chi connectivity index (χ2n) is 7.57. The van der Waals surface area contributed by atoms with Crippen LogP contribution in [0.4, 0.5) is 23.8 Å². The molecule has 0 saturated carbocycles. The van der Waals surface area contributed by atoms with Crippen molar-refractivity contribution in [3.8, 4) is 0 Å². The maximum absolute atomic E-state index is 12.7.